The van der Waals surface area contributed by atoms with Crippen LogP contribution in [0.25, 0.3) is 0 Å². The lowest BCUT2D eigenvalue weighted by Crippen LogP contribution is -2.24. The number of pyridine rings is 2. The summed E-state index contributed by atoms with van der Waals surface area (Å²) in [5.41, 5.74) is 3.71. The number of rotatable bonds is 7. The maximum absolute atomic E-state index is 4.67. The van der Waals surface area contributed by atoms with Crippen LogP contribution < -0.4 is 10.2 Å². The van der Waals surface area contributed by atoms with Crippen molar-refractivity contribution < 1.29 is 0 Å². The highest BCUT2D eigenvalue weighted by Gasteiger charge is 2.10. The fraction of sp³-hybridized carbons (Fsp3) is 0.412. The predicted octanol–water partition coefficient (Wildman–Crippen LogP) is 2.92. The lowest BCUT2D eigenvalue weighted by Gasteiger charge is -2.24. The van der Waals surface area contributed by atoms with Crippen LogP contribution in [-0.2, 0) is 13.1 Å². The number of aromatic nitrogens is 2. The molecule has 4 heteroatoms. The molecule has 0 atom stereocenters. The minimum Gasteiger partial charge on any atom is -0.352 e. The fourth-order valence-electron chi connectivity index (χ4n) is 2.37. The molecular weight excluding hydrogens is 260 g/mol. The van der Waals surface area contributed by atoms with Crippen LogP contribution in [0.3, 0.4) is 0 Å². The predicted molar refractivity (Wildman–Crippen MR) is 87.3 cm³/mol. The van der Waals surface area contributed by atoms with E-state index in [0.29, 0.717) is 0 Å². The highest BCUT2D eigenvalue weighted by molar-refractivity contribution is 5.47. The van der Waals surface area contributed by atoms with Crippen molar-refractivity contribution in [3.8, 4) is 0 Å². The molecule has 4 nitrogen and oxygen atoms in total. The third-order valence-electron chi connectivity index (χ3n) is 3.49. The second-order valence-electron chi connectivity index (χ2n) is 5.13. The Labute approximate surface area is 127 Å². The number of nitrogens with zero attached hydrogens (tertiary/aromatic N) is 3. The highest BCUT2D eigenvalue weighted by Crippen LogP contribution is 2.20. The molecule has 0 aliphatic carbocycles. The van der Waals surface area contributed by atoms with Gasteiger partial charge in [0, 0.05) is 38.2 Å². The zero-order valence-electron chi connectivity index (χ0n) is 13.1. The average Bonchev–Trinajstić information content (AvgIpc) is 2.52. The van der Waals surface area contributed by atoms with Gasteiger partial charge in [0.05, 0.1) is 0 Å². The summed E-state index contributed by atoms with van der Waals surface area (Å²) >= 11 is 0. The third kappa shape index (κ3) is 4.26. The van der Waals surface area contributed by atoms with Crippen molar-refractivity contribution in [1.29, 1.82) is 0 Å². The van der Waals surface area contributed by atoms with Gasteiger partial charge in [-0.3, -0.25) is 4.98 Å². The molecule has 21 heavy (non-hydrogen) atoms. The van der Waals surface area contributed by atoms with E-state index >= 15 is 0 Å². The fourth-order valence-corrected chi connectivity index (χ4v) is 2.37. The number of aryl methyl sites for hydroxylation is 1. The Morgan fingerprint density at radius 2 is 1.90 bits per heavy atom. The van der Waals surface area contributed by atoms with Crippen LogP contribution in [0.4, 0.5) is 5.82 Å². The normalized spacial score (nSPS) is 10.6. The maximum Gasteiger partial charge on any atom is 0.131 e. The van der Waals surface area contributed by atoms with Crippen LogP contribution in [0.5, 0.6) is 0 Å². The molecule has 0 aliphatic heterocycles. The van der Waals surface area contributed by atoms with Gasteiger partial charge in [0.15, 0.2) is 0 Å². The van der Waals surface area contributed by atoms with Gasteiger partial charge in [-0.05, 0) is 55.3 Å². The molecule has 0 saturated heterocycles. The van der Waals surface area contributed by atoms with Gasteiger partial charge in [0.25, 0.3) is 0 Å². The lowest BCUT2D eigenvalue weighted by molar-refractivity contribution is 0.722. The number of nitrogens with one attached hydrogen (secondary N) is 1. The largest absolute Gasteiger partial charge is 0.352 e. The molecule has 0 amide bonds. The van der Waals surface area contributed by atoms with Gasteiger partial charge >= 0.3 is 0 Å². The molecule has 2 aromatic rings. The van der Waals surface area contributed by atoms with Crippen molar-refractivity contribution in [2.75, 3.05) is 18.0 Å². The monoisotopic (exact) mass is 284 g/mol. The van der Waals surface area contributed by atoms with Gasteiger partial charge in [-0.2, -0.15) is 0 Å². The van der Waals surface area contributed by atoms with Crippen LogP contribution in [0.15, 0.2) is 36.8 Å². The van der Waals surface area contributed by atoms with Gasteiger partial charge in [-0.15, -0.1) is 0 Å². The Kier molecular flexibility index (Phi) is 5.69. The molecule has 0 radical (unpaired) electrons. The molecule has 2 heterocycles. The van der Waals surface area contributed by atoms with Crippen LogP contribution in [0, 0.1) is 6.92 Å². The van der Waals surface area contributed by atoms with Crippen molar-refractivity contribution in [3.05, 3.63) is 53.5 Å². The molecule has 0 fully saturated rings. The smallest absolute Gasteiger partial charge is 0.131 e. The van der Waals surface area contributed by atoms with Gasteiger partial charge in [0.2, 0.25) is 0 Å². The summed E-state index contributed by atoms with van der Waals surface area (Å²) in [5, 5.41) is 3.33. The van der Waals surface area contributed by atoms with E-state index in [1.807, 2.05) is 18.6 Å². The SMILES string of the molecule is CCNCc1cnc(N(CC)Cc2ccncc2)c(C)c1. The molecule has 1 N–H and O–H groups in total. The minimum atomic E-state index is 0.861. The third-order valence-corrected chi connectivity index (χ3v) is 3.49. The van der Waals surface area contributed by atoms with E-state index in [1.165, 1.54) is 16.7 Å². The Morgan fingerprint density at radius 3 is 2.52 bits per heavy atom. The highest BCUT2D eigenvalue weighted by atomic mass is 15.2. The zero-order valence-corrected chi connectivity index (χ0v) is 13.1. The summed E-state index contributed by atoms with van der Waals surface area (Å²) in [6, 6.07) is 6.33. The summed E-state index contributed by atoms with van der Waals surface area (Å²) in [6.45, 7) is 10.1. The summed E-state index contributed by atoms with van der Waals surface area (Å²) in [7, 11) is 0. The van der Waals surface area contributed by atoms with E-state index in [2.05, 4.69) is 59.2 Å². The molecule has 0 saturated carbocycles. The Hall–Kier alpha value is -1.94. The van der Waals surface area contributed by atoms with Crippen molar-refractivity contribution >= 4 is 5.82 Å². The molecule has 2 aromatic heterocycles. The molecule has 0 spiro atoms. The second kappa shape index (κ2) is 7.74. The van der Waals surface area contributed by atoms with Crippen LogP contribution >= 0.6 is 0 Å². The number of anilines is 1. The van der Waals surface area contributed by atoms with Crippen molar-refractivity contribution in [2.45, 2.75) is 33.9 Å². The van der Waals surface area contributed by atoms with E-state index in [-0.39, 0.29) is 0 Å². The van der Waals surface area contributed by atoms with Crippen LogP contribution in [-0.4, -0.2) is 23.1 Å². The van der Waals surface area contributed by atoms with Crippen LogP contribution in [0.1, 0.15) is 30.5 Å². The number of hydrogen-bond donors (Lipinski definition) is 1. The first kappa shape index (κ1) is 15.4. The van der Waals surface area contributed by atoms with Gasteiger partial charge < -0.3 is 10.2 Å². The maximum atomic E-state index is 4.67. The molecule has 0 aromatic carbocycles. The molecule has 0 aliphatic rings. The molecule has 0 unspecified atom stereocenters. The van der Waals surface area contributed by atoms with Crippen molar-refractivity contribution in [3.63, 3.8) is 0 Å². The zero-order chi connectivity index (χ0) is 15.1. The molecule has 2 rings (SSSR count). The number of hydrogen-bond acceptors (Lipinski definition) is 4. The van der Waals surface area contributed by atoms with Gasteiger partial charge in [-0.25, -0.2) is 4.98 Å². The summed E-state index contributed by atoms with van der Waals surface area (Å²) in [6.07, 6.45) is 5.64. The summed E-state index contributed by atoms with van der Waals surface area (Å²) in [4.78, 5) is 11.0. The first-order valence-electron chi connectivity index (χ1n) is 7.54. The quantitative estimate of drug-likeness (QED) is 0.849. The minimum absolute atomic E-state index is 0.861. The molecule has 0 bridgehead atoms. The Bertz CT molecular complexity index is 554. The topological polar surface area (TPSA) is 41.1 Å². The van der Waals surface area contributed by atoms with E-state index < -0.39 is 0 Å². The van der Waals surface area contributed by atoms with Gasteiger partial charge in [-0.1, -0.05) is 6.92 Å². The lowest BCUT2D eigenvalue weighted by atomic mass is 10.1. The van der Waals surface area contributed by atoms with Crippen molar-refractivity contribution in [1.82, 2.24) is 15.3 Å². The Morgan fingerprint density at radius 1 is 1.14 bits per heavy atom. The molecule has 112 valence electrons. The van der Waals surface area contributed by atoms with Crippen LogP contribution in [0.2, 0.25) is 0 Å². The summed E-state index contributed by atoms with van der Waals surface area (Å²) < 4.78 is 0. The van der Waals surface area contributed by atoms with E-state index in [9.17, 15) is 0 Å². The average molecular weight is 284 g/mol. The first-order chi connectivity index (χ1) is 10.2. The van der Waals surface area contributed by atoms with Crippen molar-refractivity contribution in [2.24, 2.45) is 0 Å². The summed E-state index contributed by atoms with van der Waals surface area (Å²) in [5.74, 6) is 1.06. The standard InChI is InChI=1S/C17H24N4/c1-4-18-11-16-10-14(3)17(20-12-16)21(5-2)13-15-6-8-19-9-7-15/h6-10,12,18H,4-5,11,13H2,1-3H3. The van der Waals surface area contributed by atoms with E-state index in [0.717, 1.165) is 32.0 Å². The van der Waals surface area contributed by atoms with E-state index in [4.69, 9.17) is 0 Å². The second-order valence-corrected chi connectivity index (χ2v) is 5.13. The Balaban J connectivity index is 2.14. The first-order valence-corrected chi connectivity index (χ1v) is 7.54. The van der Waals surface area contributed by atoms with E-state index in [1.54, 1.807) is 0 Å². The molecular formula is C17H24N4. The van der Waals surface area contributed by atoms with Gasteiger partial charge in [0.1, 0.15) is 5.82 Å².